The molecule has 2 fully saturated rings. The van der Waals surface area contributed by atoms with Gasteiger partial charge >= 0.3 is 5.97 Å². The molecule has 1 N–H and O–H groups in total. The van der Waals surface area contributed by atoms with Crippen molar-refractivity contribution < 1.29 is 19.1 Å². The summed E-state index contributed by atoms with van der Waals surface area (Å²) >= 11 is 1.50. The number of benzene rings is 2. The van der Waals surface area contributed by atoms with Crippen LogP contribution in [0, 0.1) is 12.7 Å². The number of rotatable bonds is 4. The van der Waals surface area contributed by atoms with Crippen LogP contribution in [-0.4, -0.2) is 47.8 Å². The molecular weight excluding hydrogens is 379 g/mol. The predicted octanol–water partition coefficient (Wildman–Crippen LogP) is 3.64. The molecule has 1 unspecified atom stereocenters. The number of halogens is 1. The first-order chi connectivity index (χ1) is 13.4. The van der Waals surface area contributed by atoms with Crippen LogP contribution in [0.1, 0.15) is 38.3 Å². The Kier molecular flexibility index (Phi) is 4.89. The Balaban J connectivity index is 1.78. The van der Waals surface area contributed by atoms with Gasteiger partial charge in [0.15, 0.2) is 0 Å². The first-order valence-corrected chi connectivity index (χ1v) is 10.2. The normalized spacial score (nSPS) is 20.5. The molecule has 2 aromatic carbocycles. The van der Waals surface area contributed by atoms with Crippen molar-refractivity contribution in [2.75, 3.05) is 30.8 Å². The number of aromatic carboxylic acids is 1. The zero-order valence-corrected chi connectivity index (χ0v) is 16.5. The smallest absolute Gasteiger partial charge is 0.335 e. The third-order valence-corrected chi connectivity index (χ3v) is 6.68. The second-order valence-electron chi connectivity index (χ2n) is 7.37. The van der Waals surface area contributed by atoms with Crippen LogP contribution in [-0.2, 0) is 4.79 Å². The highest BCUT2D eigenvalue weighted by molar-refractivity contribution is 8.00. The van der Waals surface area contributed by atoms with Gasteiger partial charge < -0.3 is 10.0 Å². The molecule has 2 aromatic rings. The van der Waals surface area contributed by atoms with Crippen molar-refractivity contribution in [3.05, 3.63) is 64.5 Å². The minimum Gasteiger partial charge on any atom is -0.478 e. The molecule has 1 atom stereocenters. The Morgan fingerprint density at radius 2 is 1.86 bits per heavy atom. The van der Waals surface area contributed by atoms with Gasteiger partial charge in [-0.05, 0) is 54.9 Å². The second kappa shape index (κ2) is 7.22. The van der Waals surface area contributed by atoms with Gasteiger partial charge in [-0.15, -0.1) is 11.8 Å². The molecule has 0 radical (unpaired) electrons. The molecule has 2 saturated heterocycles. The van der Waals surface area contributed by atoms with Gasteiger partial charge in [0, 0.05) is 24.7 Å². The van der Waals surface area contributed by atoms with Crippen LogP contribution in [0.5, 0.6) is 0 Å². The van der Waals surface area contributed by atoms with Crippen LogP contribution in [0.2, 0.25) is 0 Å². The third-order valence-electron chi connectivity index (χ3n) is 5.47. The summed E-state index contributed by atoms with van der Waals surface area (Å²) in [5.74, 6) is -0.809. The van der Waals surface area contributed by atoms with E-state index in [0.29, 0.717) is 11.3 Å². The molecule has 0 saturated carbocycles. The largest absolute Gasteiger partial charge is 0.478 e. The van der Waals surface area contributed by atoms with Crippen molar-refractivity contribution in [3.8, 4) is 0 Å². The van der Waals surface area contributed by atoms with E-state index in [9.17, 15) is 19.1 Å². The zero-order valence-electron chi connectivity index (χ0n) is 15.7. The minimum absolute atomic E-state index is 0.0258. The fraction of sp³-hybridized carbons (Fsp3) is 0.333. The van der Waals surface area contributed by atoms with Crippen molar-refractivity contribution in [1.82, 2.24) is 4.90 Å². The Bertz CT molecular complexity index is 941. The van der Waals surface area contributed by atoms with E-state index in [1.165, 1.54) is 23.9 Å². The van der Waals surface area contributed by atoms with Crippen LogP contribution < -0.4 is 4.90 Å². The molecular formula is C21H21FN2O3S. The van der Waals surface area contributed by atoms with Gasteiger partial charge in [-0.3, -0.25) is 9.69 Å². The van der Waals surface area contributed by atoms with Crippen LogP contribution in [0.3, 0.4) is 0 Å². The number of likely N-dealkylation sites (N-methyl/N-ethyl adjacent to an activating group) is 1. The van der Waals surface area contributed by atoms with E-state index in [1.807, 2.05) is 14.0 Å². The number of hydrogen-bond donors (Lipinski definition) is 1. The van der Waals surface area contributed by atoms with Gasteiger partial charge in [0.05, 0.1) is 11.3 Å². The maximum Gasteiger partial charge on any atom is 0.335 e. The lowest BCUT2D eigenvalue weighted by atomic mass is 9.84. The van der Waals surface area contributed by atoms with E-state index in [4.69, 9.17) is 0 Å². The first-order valence-electron chi connectivity index (χ1n) is 9.11. The summed E-state index contributed by atoms with van der Waals surface area (Å²) in [6.45, 7) is 3.50. The summed E-state index contributed by atoms with van der Waals surface area (Å²) in [5.41, 5.74) is 3.53. The Hall–Kier alpha value is -2.38. The summed E-state index contributed by atoms with van der Waals surface area (Å²) in [6.07, 6.45) is 0. The number of amides is 1. The number of nitrogens with zero attached hydrogens (tertiary/aromatic N) is 2. The predicted molar refractivity (Wildman–Crippen MR) is 107 cm³/mol. The van der Waals surface area contributed by atoms with E-state index >= 15 is 0 Å². The van der Waals surface area contributed by atoms with Gasteiger partial charge in [-0.2, -0.15) is 0 Å². The standard InChI is InChI=1S/C21H21FN2O3S/c1-12-17(8-7-16(21(26)27)19(12)14-9-23(2)10-14)24-18(25)11-28-20(24)13-3-5-15(22)6-4-13/h3-8,14,20H,9-11H2,1-2H3,(H,26,27). The summed E-state index contributed by atoms with van der Waals surface area (Å²) in [4.78, 5) is 28.4. The number of anilines is 1. The molecule has 7 heteroatoms. The third kappa shape index (κ3) is 3.18. The molecule has 0 aromatic heterocycles. The van der Waals surface area contributed by atoms with Gasteiger partial charge in [-0.25, -0.2) is 9.18 Å². The van der Waals surface area contributed by atoms with Crippen molar-refractivity contribution in [2.45, 2.75) is 18.2 Å². The summed E-state index contributed by atoms with van der Waals surface area (Å²) in [7, 11) is 2.00. The summed E-state index contributed by atoms with van der Waals surface area (Å²) in [6, 6.07) is 9.52. The average Bonchev–Trinajstić information content (AvgIpc) is 3.01. The van der Waals surface area contributed by atoms with Crippen molar-refractivity contribution >= 4 is 29.3 Å². The highest BCUT2D eigenvalue weighted by atomic mass is 32.2. The van der Waals surface area contributed by atoms with Gasteiger partial charge in [0.2, 0.25) is 5.91 Å². The van der Waals surface area contributed by atoms with Crippen molar-refractivity contribution in [1.29, 1.82) is 0 Å². The summed E-state index contributed by atoms with van der Waals surface area (Å²) < 4.78 is 13.3. The van der Waals surface area contributed by atoms with E-state index in [1.54, 1.807) is 29.2 Å². The van der Waals surface area contributed by atoms with Crippen molar-refractivity contribution in [3.63, 3.8) is 0 Å². The fourth-order valence-electron chi connectivity index (χ4n) is 4.13. The Labute approximate surface area is 167 Å². The quantitative estimate of drug-likeness (QED) is 0.849. The summed E-state index contributed by atoms with van der Waals surface area (Å²) in [5, 5.41) is 9.40. The van der Waals surface area contributed by atoms with E-state index in [-0.39, 0.29) is 23.0 Å². The molecule has 0 aliphatic carbocycles. The van der Waals surface area contributed by atoms with Crippen LogP contribution >= 0.6 is 11.8 Å². The number of carbonyl (C=O) groups excluding carboxylic acids is 1. The molecule has 5 nitrogen and oxygen atoms in total. The number of hydrogen-bond acceptors (Lipinski definition) is 4. The molecule has 1 amide bonds. The Morgan fingerprint density at radius 1 is 1.18 bits per heavy atom. The highest BCUT2D eigenvalue weighted by Crippen LogP contribution is 2.45. The molecule has 2 aliphatic heterocycles. The number of thioether (sulfide) groups is 1. The molecule has 0 bridgehead atoms. The maximum absolute atomic E-state index is 13.3. The Morgan fingerprint density at radius 3 is 2.46 bits per heavy atom. The van der Waals surface area contributed by atoms with E-state index in [0.717, 1.165) is 35.5 Å². The lowest BCUT2D eigenvalue weighted by Crippen LogP contribution is -2.43. The first kappa shape index (κ1) is 19.0. The molecule has 2 aliphatic rings. The lowest BCUT2D eigenvalue weighted by molar-refractivity contribution is -0.115. The number of carbonyl (C=O) groups is 2. The number of carboxylic acid groups (broad SMARTS) is 1. The van der Waals surface area contributed by atoms with Crippen LogP contribution in [0.4, 0.5) is 10.1 Å². The van der Waals surface area contributed by atoms with E-state index in [2.05, 4.69) is 4.90 Å². The number of carboxylic acids is 1. The van der Waals surface area contributed by atoms with Crippen LogP contribution in [0.25, 0.3) is 0 Å². The van der Waals surface area contributed by atoms with Gasteiger partial charge in [0.25, 0.3) is 0 Å². The fourth-order valence-corrected chi connectivity index (χ4v) is 5.30. The van der Waals surface area contributed by atoms with E-state index < -0.39 is 5.97 Å². The highest BCUT2D eigenvalue weighted by Gasteiger charge is 2.37. The molecule has 146 valence electrons. The zero-order chi connectivity index (χ0) is 20.0. The van der Waals surface area contributed by atoms with Gasteiger partial charge in [-0.1, -0.05) is 12.1 Å². The maximum atomic E-state index is 13.3. The average molecular weight is 400 g/mol. The molecule has 28 heavy (non-hydrogen) atoms. The van der Waals surface area contributed by atoms with Crippen molar-refractivity contribution in [2.24, 2.45) is 0 Å². The molecule has 2 heterocycles. The SMILES string of the molecule is Cc1c(N2C(=O)CSC2c2ccc(F)cc2)ccc(C(=O)O)c1C1CN(C)C1. The molecule has 0 spiro atoms. The molecule has 4 rings (SSSR count). The lowest BCUT2D eigenvalue weighted by Gasteiger charge is -2.39. The number of likely N-dealkylation sites (tertiary alicyclic amines) is 1. The topological polar surface area (TPSA) is 60.9 Å². The van der Waals surface area contributed by atoms with Gasteiger partial charge in [0.1, 0.15) is 11.2 Å². The minimum atomic E-state index is -0.948. The second-order valence-corrected chi connectivity index (χ2v) is 8.44. The monoisotopic (exact) mass is 400 g/mol. The van der Waals surface area contributed by atoms with Crippen LogP contribution in [0.15, 0.2) is 36.4 Å².